The monoisotopic (exact) mass is 291 g/mol. The van der Waals surface area contributed by atoms with Crippen molar-refractivity contribution in [3.63, 3.8) is 0 Å². The van der Waals surface area contributed by atoms with E-state index in [1.807, 2.05) is 6.07 Å². The molecule has 1 N–H and O–H groups in total. The van der Waals surface area contributed by atoms with E-state index in [1.165, 1.54) is 24.8 Å². The molecular formula is C18H29NO2. The number of nitrogens with one attached hydrogen (secondary N) is 1. The van der Waals surface area contributed by atoms with Crippen molar-refractivity contribution in [1.82, 2.24) is 5.32 Å². The Balaban J connectivity index is 2.07. The molecule has 0 heterocycles. The van der Waals surface area contributed by atoms with Gasteiger partial charge in [-0.1, -0.05) is 19.9 Å². The highest BCUT2D eigenvalue weighted by Crippen LogP contribution is 2.39. The summed E-state index contributed by atoms with van der Waals surface area (Å²) in [6, 6.07) is 6.82. The lowest BCUT2D eigenvalue weighted by molar-refractivity contribution is 0.337. The summed E-state index contributed by atoms with van der Waals surface area (Å²) in [4.78, 5) is 0. The van der Waals surface area contributed by atoms with E-state index in [-0.39, 0.29) is 0 Å². The number of rotatable bonds is 9. The van der Waals surface area contributed by atoms with E-state index in [9.17, 15) is 0 Å². The Bertz CT molecular complexity index is 443. The van der Waals surface area contributed by atoms with E-state index in [4.69, 9.17) is 9.47 Å². The zero-order valence-electron chi connectivity index (χ0n) is 13.8. The van der Waals surface area contributed by atoms with Crippen LogP contribution in [0, 0.1) is 11.8 Å². The zero-order chi connectivity index (χ0) is 15.2. The van der Waals surface area contributed by atoms with Crippen LogP contribution in [-0.4, -0.2) is 26.8 Å². The maximum atomic E-state index is 5.41. The lowest BCUT2D eigenvalue weighted by atomic mass is 9.91. The van der Waals surface area contributed by atoms with Crippen molar-refractivity contribution in [1.29, 1.82) is 0 Å². The quantitative estimate of drug-likeness (QED) is 0.753. The van der Waals surface area contributed by atoms with E-state index in [0.29, 0.717) is 6.04 Å². The predicted molar refractivity (Wildman–Crippen MR) is 87.2 cm³/mol. The van der Waals surface area contributed by atoms with Gasteiger partial charge >= 0.3 is 0 Å². The first kappa shape index (κ1) is 16.2. The first-order chi connectivity index (χ1) is 10.2. The summed E-state index contributed by atoms with van der Waals surface area (Å²) in [5.41, 5.74) is 1.31. The highest BCUT2D eigenvalue weighted by molar-refractivity contribution is 5.43. The molecule has 2 unspecified atom stereocenters. The van der Waals surface area contributed by atoms with Crippen LogP contribution in [-0.2, 0) is 6.42 Å². The van der Waals surface area contributed by atoms with Crippen molar-refractivity contribution >= 4 is 0 Å². The molecule has 0 spiro atoms. The second-order valence-corrected chi connectivity index (χ2v) is 6.15. The van der Waals surface area contributed by atoms with Crippen molar-refractivity contribution in [2.45, 2.75) is 45.6 Å². The minimum atomic E-state index is 0.551. The van der Waals surface area contributed by atoms with Gasteiger partial charge in [-0.25, -0.2) is 0 Å². The highest BCUT2D eigenvalue weighted by atomic mass is 16.5. The number of hydrogen-bond acceptors (Lipinski definition) is 3. The molecule has 1 fully saturated rings. The van der Waals surface area contributed by atoms with E-state index in [0.717, 1.165) is 36.3 Å². The van der Waals surface area contributed by atoms with E-state index in [2.05, 4.69) is 31.3 Å². The molecule has 118 valence electrons. The molecule has 3 heteroatoms. The molecular weight excluding hydrogens is 262 g/mol. The molecule has 21 heavy (non-hydrogen) atoms. The molecule has 0 aliphatic heterocycles. The SMILES string of the molecule is CCCNC(Cc1ccc(OC)c(OC)c1)C(C)C1CC1. The van der Waals surface area contributed by atoms with Crippen LogP contribution in [0.25, 0.3) is 0 Å². The number of hydrogen-bond donors (Lipinski definition) is 1. The van der Waals surface area contributed by atoms with Gasteiger partial charge in [-0.2, -0.15) is 0 Å². The van der Waals surface area contributed by atoms with Crippen molar-refractivity contribution in [3.05, 3.63) is 23.8 Å². The summed E-state index contributed by atoms with van der Waals surface area (Å²) < 4.78 is 10.7. The molecule has 3 nitrogen and oxygen atoms in total. The average Bonchev–Trinajstić information content (AvgIpc) is 3.35. The van der Waals surface area contributed by atoms with Crippen LogP contribution in [0.1, 0.15) is 38.7 Å². The van der Waals surface area contributed by atoms with Gasteiger partial charge in [0.15, 0.2) is 11.5 Å². The lowest BCUT2D eigenvalue weighted by Crippen LogP contribution is -2.38. The van der Waals surface area contributed by atoms with Crippen LogP contribution in [0.2, 0.25) is 0 Å². The number of methoxy groups -OCH3 is 2. The fraction of sp³-hybridized carbons (Fsp3) is 0.667. The Morgan fingerprint density at radius 1 is 1.19 bits per heavy atom. The Kier molecular flexibility index (Phi) is 5.92. The van der Waals surface area contributed by atoms with Crippen LogP contribution >= 0.6 is 0 Å². The second-order valence-electron chi connectivity index (χ2n) is 6.15. The summed E-state index contributed by atoms with van der Waals surface area (Å²) in [6.07, 6.45) is 5.03. The summed E-state index contributed by atoms with van der Waals surface area (Å²) in [5, 5.41) is 3.73. The van der Waals surface area contributed by atoms with Gasteiger partial charge in [0.25, 0.3) is 0 Å². The Morgan fingerprint density at radius 3 is 2.48 bits per heavy atom. The van der Waals surface area contributed by atoms with Gasteiger partial charge in [0.05, 0.1) is 14.2 Å². The molecule has 1 aliphatic carbocycles. The number of benzene rings is 1. The summed E-state index contributed by atoms with van der Waals surface area (Å²) in [5.74, 6) is 3.28. The molecule has 2 rings (SSSR count). The minimum Gasteiger partial charge on any atom is -0.493 e. The standard InChI is InChI=1S/C18H29NO2/c1-5-10-19-16(13(2)15-7-8-15)11-14-6-9-17(20-3)18(12-14)21-4/h6,9,12-13,15-16,19H,5,7-8,10-11H2,1-4H3. The van der Waals surface area contributed by atoms with Gasteiger partial charge in [0, 0.05) is 6.04 Å². The Morgan fingerprint density at radius 2 is 1.90 bits per heavy atom. The molecule has 1 aliphatic rings. The summed E-state index contributed by atoms with van der Waals surface area (Å²) in [7, 11) is 3.37. The first-order valence-corrected chi connectivity index (χ1v) is 8.13. The molecule has 0 saturated heterocycles. The largest absolute Gasteiger partial charge is 0.493 e. The third-order valence-corrected chi connectivity index (χ3v) is 4.56. The zero-order valence-corrected chi connectivity index (χ0v) is 13.8. The van der Waals surface area contributed by atoms with Gasteiger partial charge in [-0.05, 0) is 61.8 Å². The third kappa shape index (κ3) is 4.37. The minimum absolute atomic E-state index is 0.551. The smallest absolute Gasteiger partial charge is 0.160 e. The predicted octanol–water partition coefficient (Wildman–Crippen LogP) is 3.66. The molecule has 0 amide bonds. The number of ether oxygens (including phenoxy) is 2. The van der Waals surface area contributed by atoms with Crippen LogP contribution in [0.15, 0.2) is 18.2 Å². The van der Waals surface area contributed by atoms with Crippen molar-refractivity contribution in [3.8, 4) is 11.5 Å². The van der Waals surface area contributed by atoms with Gasteiger partial charge in [0.2, 0.25) is 0 Å². The first-order valence-electron chi connectivity index (χ1n) is 8.13. The van der Waals surface area contributed by atoms with Crippen molar-refractivity contribution in [2.75, 3.05) is 20.8 Å². The second kappa shape index (κ2) is 7.69. The van der Waals surface area contributed by atoms with E-state index >= 15 is 0 Å². The van der Waals surface area contributed by atoms with E-state index in [1.54, 1.807) is 14.2 Å². The topological polar surface area (TPSA) is 30.5 Å². The lowest BCUT2D eigenvalue weighted by Gasteiger charge is -2.25. The fourth-order valence-corrected chi connectivity index (χ4v) is 2.99. The van der Waals surface area contributed by atoms with Gasteiger partial charge in [-0.3, -0.25) is 0 Å². The summed E-state index contributed by atoms with van der Waals surface area (Å²) in [6.45, 7) is 5.71. The van der Waals surface area contributed by atoms with Crippen LogP contribution in [0.4, 0.5) is 0 Å². The van der Waals surface area contributed by atoms with Crippen molar-refractivity contribution in [2.24, 2.45) is 11.8 Å². The molecule has 0 bridgehead atoms. The normalized spacial score (nSPS) is 17.3. The third-order valence-electron chi connectivity index (χ3n) is 4.56. The fourth-order valence-electron chi connectivity index (χ4n) is 2.99. The Hall–Kier alpha value is -1.22. The Labute approximate surface area is 129 Å². The van der Waals surface area contributed by atoms with Gasteiger partial charge in [-0.15, -0.1) is 0 Å². The molecule has 2 atom stereocenters. The van der Waals surface area contributed by atoms with Crippen molar-refractivity contribution < 1.29 is 9.47 Å². The van der Waals surface area contributed by atoms with Crippen LogP contribution < -0.4 is 14.8 Å². The van der Waals surface area contributed by atoms with Crippen LogP contribution in [0.5, 0.6) is 11.5 Å². The van der Waals surface area contributed by atoms with E-state index < -0.39 is 0 Å². The molecule has 1 aromatic carbocycles. The van der Waals surface area contributed by atoms with Crippen LogP contribution in [0.3, 0.4) is 0 Å². The molecule has 1 saturated carbocycles. The van der Waals surface area contributed by atoms with Gasteiger partial charge < -0.3 is 14.8 Å². The van der Waals surface area contributed by atoms with Gasteiger partial charge in [0.1, 0.15) is 0 Å². The maximum Gasteiger partial charge on any atom is 0.160 e. The maximum absolute atomic E-state index is 5.41. The average molecular weight is 291 g/mol. The molecule has 1 aromatic rings. The summed E-state index contributed by atoms with van der Waals surface area (Å²) >= 11 is 0. The highest BCUT2D eigenvalue weighted by Gasteiger charge is 2.33. The molecule has 0 radical (unpaired) electrons. The molecule has 0 aromatic heterocycles.